The van der Waals surface area contributed by atoms with Gasteiger partial charge in [-0.25, -0.2) is 8.78 Å². The number of aryl methyl sites for hydroxylation is 3. The van der Waals surface area contributed by atoms with Gasteiger partial charge in [0.1, 0.15) is 11.6 Å². The van der Waals surface area contributed by atoms with Gasteiger partial charge in [-0.1, -0.05) is 6.07 Å². The van der Waals surface area contributed by atoms with Crippen molar-refractivity contribution in [3.05, 3.63) is 69.8 Å². The second kappa shape index (κ2) is 5.10. The number of hydrogen-bond acceptors (Lipinski definition) is 1. The smallest absolute Gasteiger partial charge is 0.123 e. The molecule has 0 aliphatic rings. The Morgan fingerprint density at radius 3 is 1.89 bits per heavy atom. The van der Waals surface area contributed by atoms with Gasteiger partial charge in [0, 0.05) is 0 Å². The van der Waals surface area contributed by atoms with Gasteiger partial charge in [0.05, 0.1) is 6.04 Å². The summed E-state index contributed by atoms with van der Waals surface area (Å²) >= 11 is 0. The van der Waals surface area contributed by atoms with Crippen molar-refractivity contribution in [2.75, 3.05) is 0 Å². The summed E-state index contributed by atoms with van der Waals surface area (Å²) in [7, 11) is 0. The Balaban J connectivity index is 2.52. The highest BCUT2D eigenvalue weighted by Gasteiger charge is 2.16. The molecule has 0 heterocycles. The highest BCUT2D eigenvalue weighted by Crippen LogP contribution is 2.27. The molecule has 0 aliphatic heterocycles. The Kier molecular flexibility index (Phi) is 3.67. The highest BCUT2D eigenvalue weighted by molar-refractivity contribution is 5.42. The Labute approximate surface area is 112 Å². The lowest BCUT2D eigenvalue weighted by molar-refractivity contribution is 0.618. The van der Waals surface area contributed by atoms with E-state index in [0.29, 0.717) is 5.56 Å². The summed E-state index contributed by atoms with van der Waals surface area (Å²) < 4.78 is 26.8. The van der Waals surface area contributed by atoms with E-state index in [1.165, 1.54) is 24.3 Å². The predicted octanol–water partition coefficient (Wildman–Crippen LogP) is 3.94. The van der Waals surface area contributed by atoms with Gasteiger partial charge in [-0.15, -0.1) is 0 Å². The summed E-state index contributed by atoms with van der Waals surface area (Å²) in [6.07, 6.45) is 0. The normalized spacial score (nSPS) is 12.5. The molecule has 2 rings (SSSR count). The fourth-order valence-electron chi connectivity index (χ4n) is 2.52. The fraction of sp³-hybridized carbons (Fsp3) is 0.250. The van der Waals surface area contributed by atoms with Gasteiger partial charge >= 0.3 is 0 Å². The second-order valence-corrected chi connectivity index (χ2v) is 4.99. The lowest BCUT2D eigenvalue weighted by Crippen LogP contribution is -2.15. The van der Waals surface area contributed by atoms with Gasteiger partial charge in [-0.2, -0.15) is 0 Å². The fourth-order valence-corrected chi connectivity index (χ4v) is 2.52. The molecule has 0 saturated carbocycles. The van der Waals surface area contributed by atoms with E-state index in [-0.39, 0.29) is 11.6 Å². The monoisotopic (exact) mass is 261 g/mol. The zero-order chi connectivity index (χ0) is 14.2. The van der Waals surface area contributed by atoms with Crippen molar-refractivity contribution in [1.29, 1.82) is 0 Å². The van der Waals surface area contributed by atoms with Crippen LogP contribution in [0.3, 0.4) is 0 Å². The molecule has 0 amide bonds. The van der Waals surface area contributed by atoms with Gasteiger partial charge < -0.3 is 5.73 Å². The lowest BCUT2D eigenvalue weighted by atomic mass is 9.91. The molecule has 0 fully saturated rings. The molecule has 1 nitrogen and oxygen atoms in total. The molecular weight excluding hydrogens is 244 g/mol. The summed E-state index contributed by atoms with van der Waals surface area (Å²) in [5.74, 6) is -0.579. The first-order valence-corrected chi connectivity index (χ1v) is 6.18. The Bertz CT molecular complexity index is 577. The number of rotatable bonds is 2. The van der Waals surface area contributed by atoms with Crippen LogP contribution in [0.2, 0.25) is 0 Å². The molecule has 0 aliphatic carbocycles. The quantitative estimate of drug-likeness (QED) is 0.870. The van der Waals surface area contributed by atoms with Crippen LogP contribution in [0.1, 0.15) is 33.9 Å². The van der Waals surface area contributed by atoms with Crippen LogP contribution in [0.4, 0.5) is 8.78 Å². The van der Waals surface area contributed by atoms with Crippen molar-refractivity contribution in [3.63, 3.8) is 0 Å². The van der Waals surface area contributed by atoms with Crippen LogP contribution in [0.5, 0.6) is 0 Å². The number of hydrogen-bond donors (Lipinski definition) is 1. The second-order valence-electron chi connectivity index (χ2n) is 4.99. The molecule has 100 valence electrons. The van der Waals surface area contributed by atoms with Crippen LogP contribution in [0.25, 0.3) is 0 Å². The van der Waals surface area contributed by atoms with Crippen LogP contribution in [0, 0.1) is 32.4 Å². The van der Waals surface area contributed by atoms with E-state index in [0.717, 1.165) is 22.3 Å². The van der Waals surface area contributed by atoms with E-state index in [4.69, 9.17) is 5.73 Å². The zero-order valence-corrected chi connectivity index (χ0v) is 11.3. The largest absolute Gasteiger partial charge is 0.320 e. The van der Waals surface area contributed by atoms with Crippen molar-refractivity contribution in [2.24, 2.45) is 5.73 Å². The lowest BCUT2D eigenvalue weighted by Gasteiger charge is -2.19. The number of halogens is 2. The van der Waals surface area contributed by atoms with E-state index < -0.39 is 6.04 Å². The SMILES string of the molecule is Cc1cc(F)cc(C(N)c2c(C)cc(F)cc2C)c1. The van der Waals surface area contributed by atoms with Gasteiger partial charge in [0.2, 0.25) is 0 Å². The van der Waals surface area contributed by atoms with Crippen molar-refractivity contribution in [3.8, 4) is 0 Å². The third-order valence-corrected chi connectivity index (χ3v) is 3.29. The van der Waals surface area contributed by atoms with Gasteiger partial charge in [0.25, 0.3) is 0 Å². The molecule has 0 spiro atoms. The molecule has 0 bridgehead atoms. The molecule has 1 atom stereocenters. The number of nitrogens with two attached hydrogens (primary N) is 1. The first-order valence-electron chi connectivity index (χ1n) is 6.18. The minimum absolute atomic E-state index is 0.277. The first kappa shape index (κ1) is 13.7. The Morgan fingerprint density at radius 2 is 1.37 bits per heavy atom. The predicted molar refractivity (Wildman–Crippen MR) is 73.0 cm³/mol. The molecule has 2 N–H and O–H groups in total. The van der Waals surface area contributed by atoms with E-state index in [9.17, 15) is 8.78 Å². The van der Waals surface area contributed by atoms with E-state index in [1.807, 2.05) is 26.8 Å². The Morgan fingerprint density at radius 1 is 0.842 bits per heavy atom. The maximum Gasteiger partial charge on any atom is 0.123 e. The minimum atomic E-state index is -0.449. The maximum atomic E-state index is 13.5. The molecule has 3 heteroatoms. The molecule has 2 aromatic rings. The standard InChI is InChI=1S/C16H17F2N/c1-9-4-12(8-13(17)5-9)16(19)15-10(2)6-14(18)7-11(15)3/h4-8,16H,19H2,1-3H3. The molecule has 2 aromatic carbocycles. The third kappa shape index (κ3) is 2.82. The molecule has 1 unspecified atom stereocenters. The van der Waals surface area contributed by atoms with E-state index in [2.05, 4.69) is 0 Å². The van der Waals surface area contributed by atoms with Crippen molar-refractivity contribution in [2.45, 2.75) is 26.8 Å². The van der Waals surface area contributed by atoms with Gasteiger partial charge in [0.15, 0.2) is 0 Å². The van der Waals surface area contributed by atoms with Crippen molar-refractivity contribution in [1.82, 2.24) is 0 Å². The van der Waals surface area contributed by atoms with Crippen LogP contribution in [-0.2, 0) is 0 Å². The average Bonchev–Trinajstić information content (AvgIpc) is 2.25. The molecule has 0 aromatic heterocycles. The zero-order valence-electron chi connectivity index (χ0n) is 11.3. The topological polar surface area (TPSA) is 26.0 Å². The van der Waals surface area contributed by atoms with E-state index >= 15 is 0 Å². The minimum Gasteiger partial charge on any atom is -0.320 e. The van der Waals surface area contributed by atoms with Crippen LogP contribution >= 0.6 is 0 Å². The van der Waals surface area contributed by atoms with Crippen LogP contribution < -0.4 is 5.73 Å². The molecular formula is C16H17F2N. The summed E-state index contributed by atoms with van der Waals surface area (Å²) in [5.41, 5.74) is 10.2. The van der Waals surface area contributed by atoms with Gasteiger partial charge in [-0.3, -0.25) is 0 Å². The summed E-state index contributed by atoms with van der Waals surface area (Å²) in [6, 6.07) is 7.20. The third-order valence-electron chi connectivity index (χ3n) is 3.29. The summed E-state index contributed by atoms with van der Waals surface area (Å²) in [6.45, 7) is 5.46. The molecule has 19 heavy (non-hydrogen) atoms. The maximum absolute atomic E-state index is 13.5. The van der Waals surface area contributed by atoms with Gasteiger partial charge in [-0.05, 0) is 72.9 Å². The van der Waals surface area contributed by atoms with Crippen LogP contribution in [-0.4, -0.2) is 0 Å². The molecule has 0 saturated heterocycles. The van der Waals surface area contributed by atoms with Crippen molar-refractivity contribution < 1.29 is 8.78 Å². The highest BCUT2D eigenvalue weighted by atomic mass is 19.1. The van der Waals surface area contributed by atoms with Crippen molar-refractivity contribution >= 4 is 0 Å². The van der Waals surface area contributed by atoms with Crippen LogP contribution in [0.15, 0.2) is 30.3 Å². The summed E-state index contributed by atoms with van der Waals surface area (Å²) in [5, 5.41) is 0. The number of benzene rings is 2. The van der Waals surface area contributed by atoms with E-state index in [1.54, 1.807) is 0 Å². The first-order chi connectivity index (χ1) is 8.88. The average molecular weight is 261 g/mol. The summed E-state index contributed by atoms with van der Waals surface area (Å²) in [4.78, 5) is 0. The molecule has 0 radical (unpaired) electrons. The Hall–Kier alpha value is -1.74.